The van der Waals surface area contributed by atoms with Gasteiger partial charge < -0.3 is 10.2 Å². The SMILES string of the molecule is O=C(O)[C@H](O)C(c1ccccc1)C(c1ccccc1)c1ccccc1. The van der Waals surface area contributed by atoms with Gasteiger partial charge in [-0.05, 0) is 16.7 Å². The molecule has 2 atom stereocenters. The van der Waals surface area contributed by atoms with Gasteiger partial charge in [-0.1, -0.05) is 91.0 Å². The minimum atomic E-state index is -1.51. The monoisotopic (exact) mass is 332 g/mol. The second-order valence-electron chi connectivity index (χ2n) is 6.02. The van der Waals surface area contributed by atoms with Crippen LogP contribution in [0.15, 0.2) is 91.0 Å². The van der Waals surface area contributed by atoms with Crippen LogP contribution in [0.3, 0.4) is 0 Å². The van der Waals surface area contributed by atoms with E-state index in [1.807, 2.05) is 91.0 Å². The smallest absolute Gasteiger partial charge is 0.333 e. The van der Waals surface area contributed by atoms with Crippen molar-refractivity contribution in [3.63, 3.8) is 0 Å². The third kappa shape index (κ3) is 3.78. The Morgan fingerprint density at radius 1 is 0.640 bits per heavy atom. The third-order valence-electron chi connectivity index (χ3n) is 4.45. The summed E-state index contributed by atoms with van der Waals surface area (Å²) in [6.45, 7) is 0. The summed E-state index contributed by atoms with van der Waals surface area (Å²) in [5, 5.41) is 20.0. The number of aliphatic carboxylic acids is 1. The van der Waals surface area contributed by atoms with Crippen molar-refractivity contribution >= 4 is 5.97 Å². The van der Waals surface area contributed by atoms with E-state index >= 15 is 0 Å². The molecule has 0 amide bonds. The normalized spacial score (nSPS) is 13.4. The molecule has 0 spiro atoms. The zero-order chi connectivity index (χ0) is 17.6. The molecule has 1 unspecified atom stereocenters. The average molecular weight is 332 g/mol. The number of benzene rings is 3. The van der Waals surface area contributed by atoms with Gasteiger partial charge in [-0.3, -0.25) is 0 Å². The van der Waals surface area contributed by atoms with Crippen molar-refractivity contribution in [3.05, 3.63) is 108 Å². The number of aliphatic hydroxyl groups is 1. The lowest BCUT2D eigenvalue weighted by atomic mass is 9.74. The molecule has 3 heteroatoms. The molecule has 2 N–H and O–H groups in total. The molecule has 3 aromatic carbocycles. The first-order valence-electron chi connectivity index (χ1n) is 8.24. The number of hydrogen-bond donors (Lipinski definition) is 2. The number of carboxylic acids is 1. The molecule has 3 rings (SSSR count). The molecule has 0 saturated carbocycles. The van der Waals surface area contributed by atoms with Crippen LogP contribution < -0.4 is 0 Å². The van der Waals surface area contributed by atoms with Crippen molar-refractivity contribution in [2.24, 2.45) is 0 Å². The van der Waals surface area contributed by atoms with Gasteiger partial charge >= 0.3 is 5.97 Å². The second kappa shape index (κ2) is 7.77. The average Bonchev–Trinajstić information content (AvgIpc) is 2.67. The van der Waals surface area contributed by atoms with Gasteiger partial charge in [0.1, 0.15) is 0 Å². The van der Waals surface area contributed by atoms with Crippen molar-refractivity contribution in [2.45, 2.75) is 17.9 Å². The summed E-state index contributed by atoms with van der Waals surface area (Å²) in [5.74, 6) is -2.08. The van der Waals surface area contributed by atoms with Crippen molar-refractivity contribution in [1.82, 2.24) is 0 Å². The molecule has 0 aromatic heterocycles. The molecule has 126 valence electrons. The van der Waals surface area contributed by atoms with Crippen LogP contribution in [0, 0.1) is 0 Å². The minimum Gasteiger partial charge on any atom is -0.479 e. The molecule has 0 heterocycles. The Morgan fingerprint density at radius 3 is 1.36 bits per heavy atom. The molecular formula is C22H20O3. The van der Waals surface area contributed by atoms with Crippen LogP contribution in [-0.2, 0) is 4.79 Å². The molecule has 0 aliphatic rings. The topological polar surface area (TPSA) is 57.5 Å². The van der Waals surface area contributed by atoms with Gasteiger partial charge in [-0.15, -0.1) is 0 Å². The van der Waals surface area contributed by atoms with Crippen LogP contribution >= 0.6 is 0 Å². The molecule has 25 heavy (non-hydrogen) atoms. The quantitative estimate of drug-likeness (QED) is 0.716. The standard InChI is InChI=1S/C22H20O3/c23-21(22(24)25)20(18-14-8-3-9-15-18)19(16-10-4-1-5-11-16)17-12-6-2-7-13-17/h1-15,19-21,23H,(H,24,25)/t20?,21-/m1/s1. The van der Waals surface area contributed by atoms with E-state index < -0.39 is 18.0 Å². The fraction of sp³-hybridized carbons (Fsp3) is 0.136. The van der Waals surface area contributed by atoms with E-state index in [9.17, 15) is 15.0 Å². The maximum atomic E-state index is 11.6. The zero-order valence-corrected chi connectivity index (χ0v) is 13.7. The van der Waals surface area contributed by atoms with Crippen molar-refractivity contribution in [1.29, 1.82) is 0 Å². The minimum absolute atomic E-state index is 0.268. The second-order valence-corrected chi connectivity index (χ2v) is 6.02. The van der Waals surface area contributed by atoms with E-state index in [-0.39, 0.29) is 5.92 Å². The van der Waals surface area contributed by atoms with E-state index in [0.717, 1.165) is 16.7 Å². The number of aliphatic hydroxyl groups excluding tert-OH is 1. The number of hydrogen-bond acceptors (Lipinski definition) is 2. The lowest BCUT2D eigenvalue weighted by Crippen LogP contribution is -2.32. The summed E-state index contributed by atoms with van der Waals surface area (Å²) in [6.07, 6.45) is -1.51. The van der Waals surface area contributed by atoms with Gasteiger partial charge in [-0.25, -0.2) is 4.79 Å². The molecular weight excluding hydrogens is 312 g/mol. The van der Waals surface area contributed by atoms with E-state index in [2.05, 4.69) is 0 Å². The van der Waals surface area contributed by atoms with Crippen LogP contribution in [0.2, 0.25) is 0 Å². The predicted octanol–water partition coefficient (Wildman–Crippen LogP) is 4.05. The fourth-order valence-corrected chi connectivity index (χ4v) is 3.31. The molecule has 3 aromatic rings. The summed E-state index contributed by atoms with van der Waals surface area (Å²) in [7, 11) is 0. The van der Waals surface area contributed by atoms with Crippen molar-refractivity contribution in [2.75, 3.05) is 0 Å². The molecule has 0 aliphatic heterocycles. The first-order valence-corrected chi connectivity index (χ1v) is 8.24. The Labute approximate surface area is 147 Å². The summed E-state index contributed by atoms with van der Waals surface area (Å²) in [6, 6.07) is 28.8. The van der Waals surface area contributed by atoms with Gasteiger partial charge in [0.15, 0.2) is 6.10 Å². The van der Waals surface area contributed by atoms with E-state index in [1.54, 1.807) is 0 Å². The molecule has 3 nitrogen and oxygen atoms in total. The largest absolute Gasteiger partial charge is 0.479 e. The van der Waals surface area contributed by atoms with Gasteiger partial charge in [0.25, 0.3) is 0 Å². The van der Waals surface area contributed by atoms with E-state index in [1.165, 1.54) is 0 Å². The maximum absolute atomic E-state index is 11.6. The van der Waals surface area contributed by atoms with Gasteiger partial charge in [0.2, 0.25) is 0 Å². The number of carbonyl (C=O) groups is 1. The summed E-state index contributed by atoms with van der Waals surface area (Å²) >= 11 is 0. The van der Waals surface area contributed by atoms with E-state index in [0.29, 0.717) is 0 Å². The van der Waals surface area contributed by atoms with Gasteiger partial charge in [0.05, 0.1) is 0 Å². The first kappa shape index (κ1) is 16.9. The van der Waals surface area contributed by atoms with Crippen LogP contribution in [0.1, 0.15) is 28.5 Å². The lowest BCUT2D eigenvalue weighted by Gasteiger charge is -2.30. The Balaban J connectivity index is 2.18. The van der Waals surface area contributed by atoms with Gasteiger partial charge in [0, 0.05) is 11.8 Å². The Kier molecular flexibility index (Phi) is 5.26. The maximum Gasteiger partial charge on any atom is 0.333 e. The highest BCUT2D eigenvalue weighted by molar-refractivity contribution is 5.74. The van der Waals surface area contributed by atoms with Crippen LogP contribution in [0.5, 0.6) is 0 Å². The molecule has 0 aliphatic carbocycles. The van der Waals surface area contributed by atoms with Gasteiger partial charge in [-0.2, -0.15) is 0 Å². The van der Waals surface area contributed by atoms with Crippen LogP contribution in [0.4, 0.5) is 0 Å². The zero-order valence-electron chi connectivity index (χ0n) is 13.7. The summed E-state index contributed by atoms with van der Waals surface area (Å²) in [4.78, 5) is 11.6. The van der Waals surface area contributed by atoms with E-state index in [4.69, 9.17) is 0 Å². The fourth-order valence-electron chi connectivity index (χ4n) is 3.31. The Bertz CT molecular complexity index is 761. The highest BCUT2D eigenvalue weighted by Gasteiger charge is 2.35. The Hall–Kier alpha value is -2.91. The molecule has 0 radical (unpaired) electrons. The molecule has 0 bridgehead atoms. The number of carboxylic acid groups (broad SMARTS) is 1. The lowest BCUT2D eigenvalue weighted by molar-refractivity contribution is -0.148. The van der Waals surface area contributed by atoms with Crippen LogP contribution in [-0.4, -0.2) is 22.3 Å². The Morgan fingerprint density at radius 2 is 1.00 bits per heavy atom. The molecule has 0 fully saturated rings. The molecule has 0 saturated heterocycles. The highest BCUT2D eigenvalue weighted by atomic mass is 16.4. The van der Waals surface area contributed by atoms with Crippen LogP contribution in [0.25, 0.3) is 0 Å². The highest BCUT2D eigenvalue weighted by Crippen LogP contribution is 2.40. The van der Waals surface area contributed by atoms with Crippen molar-refractivity contribution < 1.29 is 15.0 Å². The predicted molar refractivity (Wildman–Crippen MR) is 97.6 cm³/mol. The third-order valence-corrected chi connectivity index (χ3v) is 4.45. The summed E-state index contributed by atoms with van der Waals surface area (Å²) in [5.41, 5.74) is 2.75. The first-order chi connectivity index (χ1) is 12.2. The number of rotatable bonds is 6. The summed E-state index contributed by atoms with van der Waals surface area (Å²) < 4.78 is 0. The van der Waals surface area contributed by atoms with Crippen molar-refractivity contribution in [3.8, 4) is 0 Å².